The van der Waals surface area contributed by atoms with Crippen molar-refractivity contribution in [3.63, 3.8) is 0 Å². The zero-order valence-corrected chi connectivity index (χ0v) is 16.7. The van der Waals surface area contributed by atoms with Crippen molar-refractivity contribution in [3.8, 4) is 5.75 Å². The molecule has 0 radical (unpaired) electrons. The molecule has 6 nitrogen and oxygen atoms in total. The predicted molar refractivity (Wildman–Crippen MR) is 110 cm³/mol. The lowest BCUT2D eigenvalue weighted by atomic mass is 9.95. The molecule has 0 spiro atoms. The van der Waals surface area contributed by atoms with Gasteiger partial charge < -0.3 is 19.8 Å². The van der Waals surface area contributed by atoms with Crippen LogP contribution in [0.5, 0.6) is 5.75 Å². The van der Waals surface area contributed by atoms with Crippen LogP contribution in [0.15, 0.2) is 46.9 Å². The molecule has 2 amide bonds. The van der Waals surface area contributed by atoms with Gasteiger partial charge in [0, 0.05) is 27.7 Å². The number of aryl methyl sites for hydroxylation is 1. The van der Waals surface area contributed by atoms with Crippen LogP contribution >= 0.6 is 0 Å². The van der Waals surface area contributed by atoms with Gasteiger partial charge in [-0.25, -0.2) is 0 Å². The Morgan fingerprint density at radius 3 is 2.32 bits per heavy atom. The van der Waals surface area contributed by atoms with Crippen molar-refractivity contribution >= 4 is 34.2 Å². The summed E-state index contributed by atoms with van der Waals surface area (Å²) in [6.07, 6.45) is 0. The molecular formula is C22H24N2O4. The summed E-state index contributed by atoms with van der Waals surface area (Å²) in [4.78, 5) is 24.9. The smallest absolute Gasteiger partial charge is 0.291 e. The van der Waals surface area contributed by atoms with E-state index in [0.29, 0.717) is 22.7 Å². The Labute approximate surface area is 163 Å². The van der Waals surface area contributed by atoms with Crippen molar-refractivity contribution in [1.29, 1.82) is 0 Å². The van der Waals surface area contributed by atoms with Gasteiger partial charge in [-0.2, -0.15) is 0 Å². The van der Waals surface area contributed by atoms with Gasteiger partial charge in [-0.1, -0.05) is 26.8 Å². The van der Waals surface area contributed by atoms with Crippen molar-refractivity contribution in [2.24, 2.45) is 5.41 Å². The van der Waals surface area contributed by atoms with E-state index >= 15 is 0 Å². The van der Waals surface area contributed by atoms with E-state index in [1.807, 2.05) is 33.8 Å². The third kappa shape index (κ3) is 4.01. The minimum Gasteiger partial charge on any atom is -0.497 e. The highest BCUT2D eigenvalue weighted by atomic mass is 16.5. The van der Waals surface area contributed by atoms with Crippen LogP contribution in [-0.4, -0.2) is 18.9 Å². The second-order valence-electron chi connectivity index (χ2n) is 7.66. The highest BCUT2D eigenvalue weighted by Crippen LogP contribution is 2.29. The van der Waals surface area contributed by atoms with Crippen LogP contribution in [0.25, 0.3) is 11.0 Å². The number of hydrogen-bond acceptors (Lipinski definition) is 4. The van der Waals surface area contributed by atoms with Gasteiger partial charge >= 0.3 is 0 Å². The van der Waals surface area contributed by atoms with Crippen molar-refractivity contribution < 1.29 is 18.7 Å². The highest BCUT2D eigenvalue weighted by molar-refractivity contribution is 6.07. The summed E-state index contributed by atoms with van der Waals surface area (Å²) in [6, 6.07) is 12.4. The number of anilines is 2. The first kappa shape index (κ1) is 19.5. The minimum atomic E-state index is -0.508. The number of hydrogen-bond donors (Lipinski definition) is 2. The van der Waals surface area contributed by atoms with Crippen LogP contribution in [0.1, 0.15) is 36.9 Å². The number of rotatable bonds is 4. The molecule has 0 aliphatic rings. The maximum atomic E-state index is 12.7. The van der Waals surface area contributed by atoms with Crippen molar-refractivity contribution in [2.45, 2.75) is 27.7 Å². The fourth-order valence-electron chi connectivity index (χ4n) is 2.72. The molecule has 0 fully saturated rings. The Balaban J connectivity index is 1.82. The molecule has 3 aromatic rings. The average Bonchev–Trinajstić information content (AvgIpc) is 2.97. The second-order valence-corrected chi connectivity index (χ2v) is 7.66. The Bertz CT molecular complexity index is 1040. The van der Waals surface area contributed by atoms with Gasteiger partial charge in [-0.15, -0.1) is 0 Å². The van der Waals surface area contributed by atoms with E-state index in [9.17, 15) is 9.59 Å². The molecule has 2 aromatic carbocycles. The molecule has 0 unspecified atom stereocenters. The molecule has 1 aromatic heterocycles. The summed E-state index contributed by atoms with van der Waals surface area (Å²) in [7, 11) is 1.59. The van der Waals surface area contributed by atoms with E-state index in [1.54, 1.807) is 43.5 Å². The number of fused-ring (bicyclic) bond motifs is 1. The van der Waals surface area contributed by atoms with Crippen LogP contribution in [0.2, 0.25) is 0 Å². The van der Waals surface area contributed by atoms with E-state index in [1.165, 1.54) is 0 Å². The van der Waals surface area contributed by atoms with Gasteiger partial charge in [0.15, 0.2) is 5.76 Å². The maximum Gasteiger partial charge on any atom is 0.291 e. The second kappa shape index (κ2) is 7.38. The first-order valence-corrected chi connectivity index (χ1v) is 8.99. The molecule has 146 valence electrons. The lowest BCUT2D eigenvalue weighted by Gasteiger charge is -2.18. The first-order valence-electron chi connectivity index (χ1n) is 8.99. The molecule has 0 saturated carbocycles. The summed E-state index contributed by atoms with van der Waals surface area (Å²) in [6.45, 7) is 7.36. The van der Waals surface area contributed by atoms with Gasteiger partial charge in [0.2, 0.25) is 5.91 Å². The van der Waals surface area contributed by atoms with E-state index in [0.717, 1.165) is 10.9 Å². The summed E-state index contributed by atoms with van der Waals surface area (Å²) >= 11 is 0. The number of amides is 2. The van der Waals surface area contributed by atoms with Crippen LogP contribution in [-0.2, 0) is 4.79 Å². The van der Waals surface area contributed by atoms with Gasteiger partial charge in [-0.3, -0.25) is 9.59 Å². The molecule has 2 N–H and O–H groups in total. The molecule has 0 atom stereocenters. The van der Waals surface area contributed by atoms with Gasteiger partial charge in [-0.05, 0) is 43.3 Å². The standard InChI is InChI=1S/C22H24N2O4/c1-13-17-12-16(27-5)9-10-18(17)28-19(13)20(25)23-14-7-6-8-15(11-14)24-21(26)22(2,3)4/h6-12H,1-5H3,(H,23,25)(H,24,26). The quantitative estimate of drug-likeness (QED) is 0.668. The zero-order chi connectivity index (χ0) is 20.5. The van der Waals surface area contributed by atoms with E-state index in [2.05, 4.69) is 10.6 Å². The SMILES string of the molecule is COc1ccc2oc(C(=O)Nc3cccc(NC(=O)C(C)(C)C)c3)c(C)c2c1. The Morgan fingerprint density at radius 2 is 1.68 bits per heavy atom. The fourth-order valence-corrected chi connectivity index (χ4v) is 2.72. The zero-order valence-electron chi connectivity index (χ0n) is 16.7. The topological polar surface area (TPSA) is 80.6 Å². The molecule has 0 aliphatic heterocycles. The number of carbonyl (C=O) groups is 2. The van der Waals surface area contributed by atoms with Gasteiger partial charge in [0.05, 0.1) is 7.11 Å². The summed E-state index contributed by atoms with van der Waals surface area (Å²) < 4.78 is 11.0. The third-order valence-corrected chi connectivity index (χ3v) is 4.41. The van der Waals surface area contributed by atoms with Crippen molar-refractivity contribution in [2.75, 3.05) is 17.7 Å². The maximum absolute atomic E-state index is 12.7. The molecular weight excluding hydrogens is 356 g/mol. The molecule has 6 heteroatoms. The van der Waals surface area contributed by atoms with Crippen LogP contribution in [0.4, 0.5) is 11.4 Å². The van der Waals surface area contributed by atoms with E-state index in [4.69, 9.17) is 9.15 Å². The van der Waals surface area contributed by atoms with Crippen molar-refractivity contribution in [1.82, 2.24) is 0 Å². The lowest BCUT2D eigenvalue weighted by Crippen LogP contribution is -2.27. The van der Waals surface area contributed by atoms with Crippen LogP contribution in [0.3, 0.4) is 0 Å². The van der Waals surface area contributed by atoms with E-state index in [-0.39, 0.29) is 17.6 Å². The van der Waals surface area contributed by atoms with Gasteiger partial charge in [0.1, 0.15) is 11.3 Å². The largest absolute Gasteiger partial charge is 0.497 e. The van der Waals surface area contributed by atoms with E-state index < -0.39 is 5.41 Å². The first-order chi connectivity index (χ1) is 13.2. The average molecular weight is 380 g/mol. The van der Waals surface area contributed by atoms with Gasteiger partial charge in [0.25, 0.3) is 5.91 Å². The molecule has 28 heavy (non-hydrogen) atoms. The number of ether oxygens (including phenoxy) is 1. The van der Waals surface area contributed by atoms with Crippen LogP contribution in [0, 0.1) is 12.3 Å². The lowest BCUT2D eigenvalue weighted by molar-refractivity contribution is -0.123. The Morgan fingerprint density at radius 1 is 1.00 bits per heavy atom. The molecule has 1 heterocycles. The minimum absolute atomic E-state index is 0.0990. The van der Waals surface area contributed by atoms with Crippen LogP contribution < -0.4 is 15.4 Å². The summed E-state index contributed by atoms with van der Waals surface area (Å²) in [5.74, 6) is 0.489. The fraction of sp³-hybridized carbons (Fsp3) is 0.273. The summed E-state index contributed by atoms with van der Waals surface area (Å²) in [5.41, 5.74) is 2.03. The monoisotopic (exact) mass is 380 g/mol. The normalized spacial score (nSPS) is 11.3. The number of furan rings is 1. The molecule has 0 aliphatic carbocycles. The number of nitrogens with one attached hydrogen (secondary N) is 2. The van der Waals surface area contributed by atoms with Crippen molar-refractivity contribution in [3.05, 3.63) is 53.8 Å². The third-order valence-electron chi connectivity index (χ3n) is 4.41. The number of benzene rings is 2. The predicted octanol–water partition coefficient (Wildman–Crippen LogP) is 4.99. The number of methoxy groups -OCH3 is 1. The Hall–Kier alpha value is -3.28. The summed E-state index contributed by atoms with van der Waals surface area (Å²) in [5, 5.41) is 6.51. The number of carbonyl (C=O) groups excluding carboxylic acids is 2. The molecule has 0 saturated heterocycles. The highest BCUT2D eigenvalue weighted by Gasteiger charge is 2.22. The molecule has 3 rings (SSSR count). The Kier molecular flexibility index (Phi) is 5.14. The molecule has 0 bridgehead atoms.